The Morgan fingerprint density at radius 3 is 2.39 bits per heavy atom. The minimum Gasteiger partial charge on any atom is -0.480 e. The van der Waals surface area contributed by atoms with Gasteiger partial charge in [-0.05, 0) is 19.0 Å². The second-order valence-electron chi connectivity index (χ2n) is 4.88. The molecule has 1 heterocycles. The van der Waals surface area contributed by atoms with E-state index in [2.05, 4.69) is 16.8 Å². The Labute approximate surface area is 108 Å². The second-order valence-corrected chi connectivity index (χ2v) is 4.88. The quantitative estimate of drug-likeness (QED) is 0.861. The predicted molar refractivity (Wildman–Crippen MR) is 70.6 cm³/mol. The van der Waals surface area contributed by atoms with E-state index in [0.717, 1.165) is 31.7 Å². The highest BCUT2D eigenvalue weighted by Crippen LogP contribution is 2.12. The zero-order valence-corrected chi connectivity index (χ0v) is 10.7. The monoisotopic (exact) mass is 248 g/mol. The fourth-order valence-electron chi connectivity index (χ4n) is 2.34. The van der Waals surface area contributed by atoms with Crippen LogP contribution in [0.3, 0.4) is 0 Å². The number of carbonyl (C=O) groups is 1. The number of benzene rings is 1. The van der Waals surface area contributed by atoms with Crippen LogP contribution >= 0.6 is 0 Å². The van der Waals surface area contributed by atoms with E-state index >= 15 is 0 Å². The van der Waals surface area contributed by atoms with Gasteiger partial charge >= 0.3 is 5.97 Å². The van der Waals surface area contributed by atoms with Crippen molar-refractivity contribution >= 4 is 5.97 Å². The summed E-state index contributed by atoms with van der Waals surface area (Å²) in [6.45, 7) is 3.55. The van der Waals surface area contributed by atoms with Gasteiger partial charge in [0.2, 0.25) is 0 Å². The van der Waals surface area contributed by atoms with E-state index in [1.54, 1.807) is 0 Å². The molecule has 1 saturated heterocycles. The van der Waals surface area contributed by atoms with Gasteiger partial charge in [0, 0.05) is 26.2 Å². The number of likely N-dealkylation sites (N-methyl/N-ethyl adjacent to an activating group) is 1. The molecule has 1 unspecified atom stereocenters. The lowest BCUT2D eigenvalue weighted by atomic mass is 10.0. The lowest BCUT2D eigenvalue weighted by Gasteiger charge is -2.36. The predicted octanol–water partition coefficient (Wildman–Crippen LogP) is 0.930. The van der Waals surface area contributed by atoms with E-state index in [-0.39, 0.29) is 0 Å². The minimum absolute atomic E-state index is 0.402. The van der Waals surface area contributed by atoms with Crippen LogP contribution in [-0.2, 0) is 11.2 Å². The summed E-state index contributed by atoms with van der Waals surface area (Å²) in [5.74, 6) is -0.719. The van der Waals surface area contributed by atoms with Crippen molar-refractivity contribution in [2.75, 3.05) is 33.2 Å². The van der Waals surface area contributed by atoms with E-state index < -0.39 is 12.0 Å². The van der Waals surface area contributed by atoms with E-state index in [4.69, 9.17) is 0 Å². The van der Waals surface area contributed by atoms with Gasteiger partial charge in [-0.1, -0.05) is 30.3 Å². The largest absolute Gasteiger partial charge is 0.480 e. The summed E-state index contributed by atoms with van der Waals surface area (Å²) in [7, 11) is 2.07. The first kappa shape index (κ1) is 13.1. The zero-order chi connectivity index (χ0) is 13.0. The van der Waals surface area contributed by atoms with Crippen molar-refractivity contribution in [1.29, 1.82) is 0 Å². The fourth-order valence-corrected chi connectivity index (χ4v) is 2.34. The third-order valence-corrected chi connectivity index (χ3v) is 3.54. The van der Waals surface area contributed by atoms with Crippen molar-refractivity contribution in [2.24, 2.45) is 0 Å². The molecule has 0 aromatic heterocycles. The molecule has 0 aliphatic carbocycles. The van der Waals surface area contributed by atoms with Gasteiger partial charge in [-0.2, -0.15) is 0 Å². The standard InChI is InChI=1S/C14H20N2O2/c1-15-7-9-16(10-8-15)13(14(17)18)11-12-5-3-2-4-6-12/h2-6,13H,7-11H2,1H3,(H,17,18). The summed E-state index contributed by atoms with van der Waals surface area (Å²) in [4.78, 5) is 15.7. The number of aliphatic carboxylic acids is 1. The summed E-state index contributed by atoms with van der Waals surface area (Å²) in [5, 5.41) is 9.40. The molecule has 98 valence electrons. The van der Waals surface area contributed by atoms with E-state index in [0.29, 0.717) is 6.42 Å². The minimum atomic E-state index is -0.719. The highest BCUT2D eigenvalue weighted by Gasteiger charge is 2.27. The molecule has 0 bridgehead atoms. The van der Waals surface area contributed by atoms with Gasteiger partial charge in [-0.3, -0.25) is 9.69 Å². The summed E-state index contributed by atoms with van der Waals surface area (Å²) >= 11 is 0. The van der Waals surface area contributed by atoms with Crippen LogP contribution in [0.15, 0.2) is 30.3 Å². The maximum Gasteiger partial charge on any atom is 0.321 e. The fraction of sp³-hybridized carbons (Fsp3) is 0.500. The van der Waals surface area contributed by atoms with Crippen LogP contribution in [0, 0.1) is 0 Å². The van der Waals surface area contributed by atoms with Gasteiger partial charge in [0.25, 0.3) is 0 Å². The second kappa shape index (κ2) is 5.98. The summed E-state index contributed by atoms with van der Waals surface area (Å²) in [5.41, 5.74) is 1.09. The number of carboxylic acids is 1. The SMILES string of the molecule is CN1CCN(C(Cc2ccccc2)C(=O)O)CC1. The van der Waals surface area contributed by atoms with Gasteiger partial charge in [0.05, 0.1) is 0 Å². The third-order valence-electron chi connectivity index (χ3n) is 3.54. The molecule has 1 aliphatic rings. The molecular weight excluding hydrogens is 228 g/mol. The smallest absolute Gasteiger partial charge is 0.321 e. The number of hydrogen-bond donors (Lipinski definition) is 1. The van der Waals surface area contributed by atoms with Crippen LogP contribution in [-0.4, -0.2) is 60.1 Å². The maximum atomic E-state index is 11.4. The third kappa shape index (κ3) is 3.31. The Bertz CT molecular complexity index is 386. The topological polar surface area (TPSA) is 43.8 Å². The Kier molecular flexibility index (Phi) is 4.33. The molecule has 1 aromatic carbocycles. The molecule has 4 nitrogen and oxygen atoms in total. The molecule has 1 N–H and O–H groups in total. The zero-order valence-electron chi connectivity index (χ0n) is 10.7. The van der Waals surface area contributed by atoms with E-state index in [1.165, 1.54) is 0 Å². The van der Waals surface area contributed by atoms with Gasteiger partial charge in [-0.25, -0.2) is 0 Å². The Hall–Kier alpha value is -1.39. The van der Waals surface area contributed by atoms with E-state index in [9.17, 15) is 9.90 Å². The van der Waals surface area contributed by atoms with Gasteiger partial charge < -0.3 is 10.0 Å². The number of nitrogens with zero attached hydrogens (tertiary/aromatic N) is 2. The summed E-state index contributed by atoms with van der Waals surface area (Å²) in [6, 6.07) is 9.45. The normalized spacial score (nSPS) is 19.6. The van der Waals surface area contributed by atoms with Crippen LogP contribution in [0.1, 0.15) is 5.56 Å². The number of hydrogen-bond acceptors (Lipinski definition) is 3. The molecule has 2 rings (SSSR count). The molecule has 0 radical (unpaired) electrons. The lowest BCUT2D eigenvalue weighted by Crippen LogP contribution is -2.52. The molecule has 0 amide bonds. The van der Waals surface area contributed by atoms with Crippen LogP contribution in [0.5, 0.6) is 0 Å². The first-order valence-electron chi connectivity index (χ1n) is 6.36. The lowest BCUT2D eigenvalue weighted by molar-refractivity contribution is -0.144. The average molecular weight is 248 g/mol. The van der Waals surface area contributed by atoms with Crippen LogP contribution < -0.4 is 0 Å². The van der Waals surface area contributed by atoms with Crippen molar-refractivity contribution in [3.05, 3.63) is 35.9 Å². The van der Waals surface area contributed by atoms with Gasteiger partial charge in [0.1, 0.15) is 6.04 Å². The first-order chi connectivity index (χ1) is 8.66. The molecule has 1 aromatic rings. The molecule has 1 aliphatic heterocycles. The van der Waals surface area contributed by atoms with E-state index in [1.807, 2.05) is 30.3 Å². The Balaban J connectivity index is 2.02. The number of piperazine rings is 1. The molecule has 0 saturated carbocycles. The van der Waals surface area contributed by atoms with Gasteiger partial charge in [-0.15, -0.1) is 0 Å². The molecule has 18 heavy (non-hydrogen) atoms. The van der Waals surface area contributed by atoms with Crippen LogP contribution in [0.25, 0.3) is 0 Å². The Morgan fingerprint density at radius 1 is 1.22 bits per heavy atom. The maximum absolute atomic E-state index is 11.4. The summed E-state index contributed by atoms with van der Waals surface area (Å²) in [6.07, 6.45) is 0.583. The van der Waals surface area contributed by atoms with Crippen molar-refractivity contribution in [3.63, 3.8) is 0 Å². The van der Waals surface area contributed by atoms with Crippen molar-refractivity contribution < 1.29 is 9.90 Å². The van der Waals surface area contributed by atoms with Crippen LogP contribution in [0.2, 0.25) is 0 Å². The van der Waals surface area contributed by atoms with Crippen LogP contribution in [0.4, 0.5) is 0 Å². The number of carboxylic acid groups (broad SMARTS) is 1. The van der Waals surface area contributed by atoms with Crippen molar-refractivity contribution in [2.45, 2.75) is 12.5 Å². The van der Waals surface area contributed by atoms with Gasteiger partial charge in [0.15, 0.2) is 0 Å². The summed E-state index contributed by atoms with van der Waals surface area (Å²) < 4.78 is 0. The molecule has 4 heteroatoms. The molecule has 1 atom stereocenters. The molecule has 0 spiro atoms. The van der Waals surface area contributed by atoms with Crippen molar-refractivity contribution in [3.8, 4) is 0 Å². The van der Waals surface area contributed by atoms with Crippen molar-refractivity contribution in [1.82, 2.24) is 9.80 Å². The molecule has 1 fully saturated rings. The first-order valence-corrected chi connectivity index (χ1v) is 6.36. The highest BCUT2D eigenvalue weighted by atomic mass is 16.4. The highest BCUT2D eigenvalue weighted by molar-refractivity contribution is 5.74. The molecular formula is C14H20N2O2. The number of rotatable bonds is 4. The Morgan fingerprint density at radius 2 is 1.83 bits per heavy atom. The average Bonchev–Trinajstić information content (AvgIpc) is 2.38.